The fourth-order valence-electron chi connectivity index (χ4n) is 6.04. The zero-order valence-electron chi connectivity index (χ0n) is 31.1. The molecule has 2 aliphatic rings. The van der Waals surface area contributed by atoms with Crippen molar-refractivity contribution < 1.29 is 57.1 Å². The van der Waals surface area contributed by atoms with Crippen molar-refractivity contribution in [2.45, 2.75) is 65.2 Å². The van der Waals surface area contributed by atoms with Gasteiger partial charge in [-0.2, -0.15) is 0 Å². The molecule has 5 rings (SSSR count). The van der Waals surface area contributed by atoms with Crippen LogP contribution in [0.25, 0.3) is 0 Å². The van der Waals surface area contributed by atoms with Crippen LogP contribution in [-0.2, 0) is 18.9 Å². The number of ketones is 1. The third-order valence-corrected chi connectivity index (χ3v) is 8.49. The number of fused-ring (bicyclic) bond motifs is 1. The van der Waals surface area contributed by atoms with Gasteiger partial charge >= 0.3 is 12.1 Å². The van der Waals surface area contributed by atoms with E-state index in [0.29, 0.717) is 47.8 Å². The first kappa shape index (κ1) is 38.9. The molecule has 0 radical (unpaired) electrons. The molecular formula is C39H46N2O12. The molecule has 0 spiro atoms. The van der Waals surface area contributed by atoms with Crippen LogP contribution in [0.3, 0.4) is 0 Å². The lowest BCUT2D eigenvalue weighted by Crippen LogP contribution is -2.51. The SMILES string of the molecule is COCOc1cc2c(cc1C(=O)c1ccc(C(=O)O[C@@H]3CCCN(C(=O)OC(C)(C)C)C[C@H]3NC(=O)c3cc(C)c(OCOC)c(C)c3)cc1)OCO2. The van der Waals surface area contributed by atoms with Crippen molar-refractivity contribution in [3.8, 4) is 23.0 Å². The van der Waals surface area contributed by atoms with E-state index in [1.54, 1.807) is 45.0 Å². The molecule has 3 aromatic rings. The summed E-state index contributed by atoms with van der Waals surface area (Å²) in [6.07, 6.45) is -0.471. The molecule has 0 aliphatic carbocycles. The summed E-state index contributed by atoms with van der Waals surface area (Å²) in [5.74, 6) is 0.295. The number of esters is 1. The second-order valence-corrected chi connectivity index (χ2v) is 13.7. The van der Waals surface area contributed by atoms with Crippen LogP contribution >= 0.6 is 0 Å². The fraction of sp³-hybridized carbons (Fsp3) is 0.436. The van der Waals surface area contributed by atoms with Gasteiger partial charge in [0, 0.05) is 44.5 Å². The fourth-order valence-corrected chi connectivity index (χ4v) is 6.04. The molecule has 0 saturated carbocycles. The van der Waals surface area contributed by atoms with Gasteiger partial charge < -0.3 is 48.1 Å². The molecule has 2 amide bonds. The summed E-state index contributed by atoms with van der Waals surface area (Å²) in [7, 11) is 2.99. The normalized spacial score (nSPS) is 16.7. The maximum atomic E-state index is 13.7. The first-order chi connectivity index (χ1) is 25.3. The summed E-state index contributed by atoms with van der Waals surface area (Å²) < 4.78 is 43.9. The third-order valence-electron chi connectivity index (χ3n) is 8.49. The molecule has 53 heavy (non-hydrogen) atoms. The molecule has 1 saturated heterocycles. The minimum atomic E-state index is -0.791. The topological polar surface area (TPSA) is 157 Å². The molecule has 1 N–H and O–H groups in total. The van der Waals surface area contributed by atoms with E-state index >= 15 is 0 Å². The summed E-state index contributed by atoms with van der Waals surface area (Å²) >= 11 is 0. The van der Waals surface area contributed by atoms with Crippen LogP contribution < -0.4 is 24.3 Å². The number of nitrogens with zero attached hydrogens (tertiary/aromatic N) is 1. The van der Waals surface area contributed by atoms with Crippen LogP contribution in [0.5, 0.6) is 23.0 Å². The van der Waals surface area contributed by atoms with Gasteiger partial charge in [-0.25, -0.2) is 9.59 Å². The van der Waals surface area contributed by atoms with E-state index in [0.717, 1.165) is 11.1 Å². The van der Waals surface area contributed by atoms with Crippen LogP contribution in [0.4, 0.5) is 4.79 Å². The quantitative estimate of drug-likeness (QED) is 0.140. The number of amides is 2. The van der Waals surface area contributed by atoms with E-state index in [4.69, 9.17) is 37.9 Å². The molecule has 0 unspecified atom stereocenters. The molecule has 2 atom stereocenters. The zero-order valence-corrected chi connectivity index (χ0v) is 31.1. The first-order valence-corrected chi connectivity index (χ1v) is 17.2. The van der Waals surface area contributed by atoms with Gasteiger partial charge in [-0.3, -0.25) is 9.59 Å². The summed E-state index contributed by atoms with van der Waals surface area (Å²) in [5, 5.41) is 3.01. The van der Waals surface area contributed by atoms with Gasteiger partial charge in [0.05, 0.1) is 17.2 Å². The van der Waals surface area contributed by atoms with Crippen molar-refractivity contribution in [1.82, 2.24) is 10.2 Å². The highest BCUT2D eigenvalue weighted by Crippen LogP contribution is 2.39. The van der Waals surface area contributed by atoms with Gasteiger partial charge in [0.15, 0.2) is 30.9 Å². The molecule has 14 heteroatoms. The Kier molecular flexibility index (Phi) is 12.5. The number of ether oxygens (including phenoxy) is 8. The predicted molar refractivity (Wildman–Crippen MR) is 191 cm³/mol. The number of nitrogens with one attached hydrogen (secondary N) is 1. The standard InChI is InChI=1S/C39H46N2O12/c1-23-15-27(16-24(2)35(23)51-21-47-7)36(43)40-29-19-41(38(45)53-39(3,4)5)14-8-9-30(29)52-37(44)26-12-10-25(11-13-26)34(42)28-17-32-33(50-22-49-32)18-31(28)48-20-46-6/h10-13,15-18,29-30H,8-9,14,19-22H2,1-7H3,(H,40,43)/t29-,30-/m1/s1. The number of likely N-dealkylation sites (tertiary alicyclic amines) is 1. The number of carbonyl (C=O) groups excluding carboxylic acids is 4. The minimum absolute atomic E-state index is 0.0231. The number of benzene rings is 3. The van der Waals surface area contributed by atoms with Gasteiger partial charge in [0.25, 0.3) is 5.91 Å². The Hall–Kier alpha value is -5.34. The minimum Gasteiger partial charge on any atom is -0.467 e. The van der Waals surface area contributed by atoms with Gasteiger partial charge in [-0.05, 0) is 88.9 Å². The van der Waals surface area contributed by atoms with Crippen molar-refractivity contribution in [1.29, 1.82) is 0 Å². The Morgan fingerprint density at radius 3 is 2.11 bits per heavy atom. The molecule has 14 nitrogen and oxygen atoms in total. The number of carbonyl (C=O) groups is 4. The predicted octanol–water partition coefficient (Wildman–Crippen LogP) is 5.58. The number of aryl methyl sites for hydroxylation is 2. The zero-order chi connectivity index (χ0) is 38.3. The largest absolute Gasteiger partial charge is 0.467 e. The number of methoxy groups -OCH3 is 2. The third kappa shape index (κ3) is 9.76. The van der Waals surface area contributed by atoms with Crippen LogP contribution in [0.15, 0.2) is 48.5 Å². The number of hydrogen-bond donors (Lipinski definition) is 1. The van der Waals surface area contributed by atoms with E-state index in [1.165, 1.54) is 43.4 Å². The molecule has 3 aromatic carbocycles. The van der Waals surface area contributed by atoms with Crippen molar-refractivity contribution >= 4 is 23.8 Å². The van der Waals surface area contributed by atoms with E-state index in [-0.39, 0.29) is 49.6 Å². The summed E-state index contributed by atoms with van der Waals surface area (Å²) in [4.78, 5) is 55.5. The van der Waals surface area contributed by atoms with Crippen LogP contribution in [-0.4, -0.2) is 94.1 Å². The highest BCUT2D eigenvalue weighted by molar-refractivity contribution is 6.11. The highest BCUT2D eigenvalue weighted by atomic mass is 16.7. The monoisotopic (exact) mass is 734 g/mol. The Morgan fingerprint density at radius 1 is 0.849 bits per heavy atom. The number of rotatable bonds is 12. The van der Waals surface area contributed by atoms with Crippen molar-refractivity contribution in [2.75, 3.05) is 47.7 Å². The molecule has 0 bridgehead atoms. The van der Waals surface area contributed by atoms with E-state index in [2.05, 4.69) is 5.32 Å². The van der Waals surface area contributed by atoms with Crippen molar-refractivity contribution in [3.63, 3.8) is 0 Å². The van der Waals surface area contributed by atoms with Crippen molar-refractivity contribution in [3.05, 3.63) is 81.9 Å². The smallest absolute Gasteiger partial charge is 0.410 e. The second kappa shape index (κ2) is 17.0. The highest BCUT2D eigenvalue weighted by Gasteiger charge is 2.35. The molecule has 2 heterocycles. The van der Waals surface area contributed by atoms with Gasteiger partial charge in [0.1, 0.15) is 23.2 Å². The van der Waals surface area contributed by atoms with Crippen LogP contribution in [0.1, 0.15) is 81.4 Å². The van der Waals surface area contributed by atoms with Crippen LogP contribution in [0.2, 0.25) is 0 Å². The summed E-state index contributed by atoms with van der Waals surface area (Å²) in [5.41, 5.74) is 1.84. The molecule has 2 aliphatic heterocycles. The van der Waals surface area contributed by atoms with E-state index in [1.807, 2.05) is 13.8 Å². The second-order valence-electron chi connectivity index (χ2n) is 13.7. The average molecular weight is 735 g/mol. The van der Waals surface area contributed by atoms with Gasteiger partial charge in [0.2, 0.25) is 6.79 Å². The maximum Gasteiger partial charge on any atom is 0.410 e. The van der Waals surface area contributed by atoms with E-state index in [9.17, 15) is 19.2 Å². The molecular weight excluding hydrogens is 688 g/mol. The van der Waals surface area contributed by atoms with E-state index < -0.39 is 35.7 Å². The average Bonchev–Trinajstić information content (AvgIpc) is 3.49. The molecule has 284 valence electrons. The van der Waals surface area contributed by atoms with Crippen molar-refractivity contribution in [2.24, 2.45) is 0 Å². The summed E-state index contributed by atoms with van der Waals surface area (Å²) in [6, 6.07) is 11.8. The van der Waals surface area contributed by atoms with Gasteiger partial charge in [-0.15, -0.1) is 0 Å². The van der Waals surface area contributed by atoms with Crippen LogP contribution in [0, 0.1) is 13.8 Å². The molecule has 1 fully saturated rings. The summed E-state index contributed by atoms with van der Waals surface area (Å²) in [6.45, 7) is 9.38. The maximum absolute atomic E-state index is 13.7. The number of hydrogen-bond acceptors (Lipinski definition) is 12. The Bertz CT molecular complexity index is 1800. The Morgan fingerprint density at radius 2 is 1.47 bits per heavy atom. The van der Waals surface area contributed by atoms with Gasteiger partial charge in [-0.1, -0.05) is 12.1 Å². The Labute approximate surface area is 308 Å². The lowest BCUT2D eigenvalue weighted by atomic mass is 10.0. The molecule has 0 aromatic heterocycles. The lowest BCUT2D eigenvalue weighted by Gasteiger charge is -2.30. The Balaban J connectivity index is 1.35. The first-order valence-electron chi connectivity index (χ1n) is 17.2. The lowest BCUT2D eigenvalue weighted by molar-refractivity contribution is 0.0127.